The quantitative estimate of drug-likeness (QED) is 0.678. The molecule has 0 saturated heterocycles. The van der Waals surface area contributed by atoms with Gasteiger partial charge in [0.25, 0.3) is 0 Å². The summed E-state index contributed by atoms with van der Waals surface area (Å²) in [5.41, 5.74) is 2.91. The van der Waals surface area contributed by atoms with Gasteiger partial charge in [0.2, 0.25) is 0 Å². The summed E-state index contributed by atoms with van der Waals surface area (Å²) >= 11 is 1.42. The average Bonchev–Trinajstić information content (AvgIpc) is 3.08. The summed E-state index contributed by atoms with van der Waals surface area (Å²) in [6, 6.07) is 14.8. The van der Waals surface area contributed by atoms with Gasteiger partial charge in [-0.15, -0.1) is 0 Å². The lowest BCUT2D eigenvalue weighted by Crippen LogP contribution is -2.36. The van der Waals surface area contributed by atoms with Gasteiger partial charge < -0.3 is 10.4 Å². The minimum absolute atomic E-state index is 0.357. The van der Waals surface area contributed by atoms with Crippen molar-refractivity contribution in [3.63, 3.8) is 0 Å². The number of carbonyl (C=O) groups is 1. The molecule has 2 atom stereocenters. The van der Waals surface area contributed by atoms with Gasteiger partial charge in [-0.2, -0.15) is 0 Å². The number of benzene rings is 2. The Morgan fingerprint density at radius 2 is 1.96 bits per heavy atom. The number of amides is 2. The summed E-state index contributed by atoms with van der Waals surface area (Å²) in [5, 5.41) is 16.3. The van der Waals surface area contributed by atoms with Crippen LogP contribution in [0.25, 0.3) is 10.2 Å². The monoisotopic (exact) mass is 325 g/mol. The number of nitrogens with zero attached hydrogens (tertiary/aromatic N) is 1. The zero-order valence-corrected chi connectivity index (χ0v) is 13.0. The van der Waals surface area contributed by atoms with Crippen LogP contribution in [0.5, 0.6) is 0 Å². The van der Waals surface area contributed by atoms with Crippen LogP contribution in [0.4, 0.5) is 9.93 Å². The molecule has 1 aliphatic carbocycles. The predicted molar refractivity (Wildman–Crippen MR) is 90.7 cm³/mol. The molecule has 116 valence electrons. The first-order valence-corrected chi connectivity index (χ1v) is 8.21. The molecule has 0 saturated carbocycles. The minimum atomic E-state index is -0.603. The van der Waals surface area contributed by atoms with E-state index < -0.39 is 6.10 Å². The summed E-state index contributed by atoms with van der Waals surface area (Å²) < 4.78 is 1.02. The molecule has 0 fully saturated rings. The number of aliphatic hydroxyl groups is 1. The Labute approximate surface area is 137 Å². The number of nitrogens with one attached hydrogen (secondary N) is 2. The van der Waals surface area contributed by atoms with Crippen molar-refractivity contribution in [2.75, 3.05) is 5.32 Å². The average molecular weight is 325 g/mol. The number of rotatable bonds is 2. The minimum Gasteiger partial charge on any atom is -0.390 e. The van der Waals surface area contributed by atoms with Crippen LogP contribution < -0.4 is 10.6 Å². The lowest BCUT2D eigenvalue weighted by Gasteiger charge is -2.17. The predicted octanol–water partition coefficient (Wildman–Crippen LogP) is 3.08. The number of para-hydroxylation sites is 1. The number of anilines is 1. The molecule has 0 spiro atoms. The molecular formula is C17H15N3O2S. The zero-order chi connectivity index (χ0) is 15.8. The Kier molecular flexibility index (Phi) is 3.48. The smallest absolute Gasteiger partial charge is 0.321 e. The van der Waals surface area contributed by atoms with Crippen molar-refractivity contribution in [3.05, 3.63) is 59.7 Å². The van der Waals surface area contributed by atoms with E-state index in [1.807, 2.05) is 48.5 Å². The van der Waals surface area contributed by atoms with Gasteiger partial charge in [-0.3, -0.25) is 5.32 Å². The number of urea groups is 1. The van der Waals surface area contributed by atoms with Crippen molar-refractivity contribution < 1.29 is 9.90 Å². The summed E-state index contributed by atoms with van der Waals surface area (Å²) in [6.07, 6.45) is -0.0454. The Bertz CT molecular complexity index is 844. The molecular weight excluding hydrogens is 310 g/mol. The van der Waals surface area contributed by atoms with Crippen molar-refractivity contribution in [3.8, 4) is 0 Å². The van der Waals surface area contributed by atoms with Crippen molar-refractivity contribution in [1.82, 2.24) is 10.3 Å². The molecule has 6 heteroatoms. The fraction of sp³-hybridized carbons (Fsp3) is 0.176. The van der Waals surface area contributed by atoms with Crippen LogP contribution in [0.2, 0.25) is 0 Å². The van der Waals surface area contributed by atoms with E-state index in [0.717, 1.165) is 21.3 Å². The molecule has 2 aromatic carbocycles. The van der Waals surface area contributed by atoms with Crippen molar-refractivity contribution in [2.45, 2.75) is 18.6 Å². The number of thiazole rings is 1. The molecule has 1 aliphatic rings. The second-order valence-corrected chi connectivity index (χ2v) is 6.56. The van der Waals surface area contributed by atoms with Crippen LogP contribution in [0.3, 0.4) is 0 Å². The van der Waals surface area contributed by atoms with E-state index in [2.05, 4.69) is 15.6 Å². The number of aliphatic hydroxyl groups excluding tert-OH is 1. The summed E-state index contributed by atoms with van der Waals surface area (Å²) in [4.78, 5) is 16.6. The summed E-state index contributed by atoms with van der Waals surface area (Å²) in [7, 11) is 0. The Balaban J connectivity index is 1.50. The van der Waals surface area contributed by atoms with Gasteiger partial charge >= 0.3 is 6.03 Å². The fourth-order valence-corrected chi connectivity index (χ4v) is 3.81. The van der Waals surface area contributed by atoms with E-state index in [4.69, 9.17) is 0 Å². The van der Waals surface area contributed by atoms with Gasteiger partial charge in [0.05, 0.1) is 22.4 Å². The first kappa shape index (κ1) is 14.2. The van der Waals surface area contributed by atoms with E-state index in [0.29, 0.717) is 11.6 Å². The van der Waals surface area contributed by atoms with Crippen molar-refractivity contribution >= 4 is 32.7 Å². The highest BCUT2D eigenvalue weighted by atomic mass is 32.1. The Morgan fingerprint density at radius 1 is 1.17 bits per heavy atom. The molecule has 0 aliphatic heterocycles. The van der Waals surface area contributed by atoms with Crippen LogP contribution in [0.1, 0.15) is 17.2 Å². The Hall–Kier alpha value is -2.44. The van der Waals surface area contributed by atoms with Crippen molar-refractivity contribution in [1.29, 1.82) is 0 Å². The zero-order valence-electron chi connectivity index (χ0n) is 12.2. The molecule has 5 nitrogen and oxygen atoms in total. The molecule has 4 rings (SSSR count). The number of carbonyl (C=O) groups excluding carboxylic acids is 1. The molecule has 3 aromatic rings. The number of hydrogen-bond donors (Lipinski definition) is 3. The highest BCUT2D eigenvalue weighted by Crippen LogP contribution is 2.31. The largest absolute Gasteiger partial charge is 0.390 e. The molecule has 3 N–H and O–H groups in total. The van der Waals surface area contributed by atoms with Gasteiger partial charge in [0, 0.05) is 6.42 Å². The normalized spacial score (nSPS) is 19.5. The van der Waals surface area contributed by atoms with Gasteiger partial charge in [-0.05, 0) is 23.3 Å². The third-order valence-corrected chi connectivity index (χ3v) is 4.96. The van der Waals surface area contributed by atoms with Gasteiger partial charge in [-0.1, -0.05) is 47.7 Å². The molecule has 0 radical (unpaired) electrons. The maximum Gasteiger partial charge on any atom is 0.321 e. The van der Waals surface area contributed by atoms with Gasteiger partial charge in [0.15, 0.2) is 5.13 Å². The summed E-state index contributed by atoms with van der Waals surface area (Å²) in [6.45, 7) is 0. The summed E-state index contributed by atoms with van der Waals surface area (Å²) in [5.74, 6) is 0. The van der Waals surface area contributed by atoms with Gasteiger partial charge in [-0.25, -0.2) is 9.78 Å². The third kappa shape index (κ3) is 2.67. The molecule has 2 amide bonds. The van der Waals surface area contributed by atoms with Gasteiger partial charge in [0.1, 0.15) is 0 Å². The van der Waals surface area contributed by atoms with Crippen LogP contribution in [-0.4, -0.2) is 22.2 Å². The molecule has 23 heavy (non-hydrogen) atoms. The lowest BCUT2D eigenvalue weighted by molar-refractivity contribution is 0.144. The second-order valence-electron chi connectivity index (χ2n) is 5.53. The maximum atomic E-state index is 12.2. The SMILES string of the molecule is O=C(Nc1nc2ccccc2s1)N[C@@H]1c2ccccc2C[C@@H]1O. The van der Waals surface area contributed by atoms with Crippen LogP contribution in [0.15, 0.2) is 48.5 Å². The lowest BCUT2D eigenvalue weighted by atomic mass is 10.1. The number of fused-ring (bicyclic) bond motifs is 2. The molecule has 1 aromatic heterocycles. The van der Waals surface area contributed by atoms with E-state index >= 15 is 0 Å². The molecule has 1 heterocycles. The van der Waals surface area contributed by atoms with Crippen LogP contribution >= 0.6 is 11.3 Å². The maximum absolute atomic E-state index is 12.2. The highest BCUT2D eigenvalue weighted by molar-refractivity contribution is 7.22. The standard InChI is InChI=1S/C17H15N3O2S/c21-13-9-10-5-1-2-6-11(10)15(13)19-16(22)20-17-18-12-7-3-4-8-14(12)23-17/h1-8,13,15,21H,9H2,(H2,18,19,20,22)/t13-,15+/m0/s1. The third-order valence-electron chi connectivity index (χ3n) is 4.00. The van der Waals surface area contributed by atoms with Crippen molar-refractivity contribution in [2.24, 2.45) is 0 Å². The first-order valence-electron chi connectivity index (χ1n) is 7.39. The topological polar surface area (TPSA) is 74.2 Å². The second kappa shape index (κ2) is 5.64. The molecule has 0 unspecified atom stereocenters. The van der Waals surface area contributed by atoms with E-state index in [-0.39, 0.29) is 12.1 Å². The number of hydrogen-bond acceptors (Lipinski definition) is 4. The van der Waals surface area contributed by atoms with E-state index in [9.17, 15) is 9.90 Å². The first-order chi connectivity index (χ1) is 11.2. The fourth-order valence-electron chi connectivity index (χ4n) is 2.95. The molecule has 0 bridgehead atoms. The van der Waals surface area contributed by atoms with E-state index in [1.165, 1.54) is 11.3 Å². The van der Waals surface area contributed by atoms with Crippen LogP contribution in [-0.2, 0) is 6.42 Å². The highest BCUT2D eigenvalue weighted by Gasteiger charge is 2.31. The number of aromatic nitrogens is 1. The van der Waals surface area contributed by atoms with E-state index in [1.54, 1.807) is 0 Å². The Morgan fingerprint density at radius 3 is 2.83 bits per heavy atom. The van der Waals surface area contributed by atoms with Crippen LogP contribution in [0, 0.1) is 0 Å².